The molecule has 3 rings (SSSR count). The third-order valence-corrected chi connectivity index (χ3v) is 8.44. The highest BCUT2D eigenvalue weighted by atomic mass is 16.5. The first-order chi connectivity index (χ1) is 18.3. The highest BCUT2D eigenvalue weighted by Gasteiger charge is 2.21. The molecule has 3 heteroatoms. The van der Waals surface area contributed by atoms with Crippen LogP contribution in [0.4, 0.5) is 0 Å². The Labute approximate surface area is 228 Å². The minimum atomic E-state index is 0.787. The Kier molecular flexibility index (Phi) is 14.7. The summed E-state index contributed by atoms with van der Waals surface area (Å²) in [7, 11) is 0. The van der Waals surface area contributed by atoms with Crippen LogP contribution in [-0.2, 0) is 6.42 Å². The van der Waals surface area contributed by atoms with Gasteiger partial charge in [0.25, 0.3) is 0 Å². The van der Waals surface area contributed by atoms with Crippen LogP contribution < -0.4 is 4.74 Å². The fourth-order valence-electron chi connectivity index (χ4n) is 6.00. The maximum Gasteiger partial charge on any atom is 0.128 e. The fraction of sp³-hybridized carbons (Fsp3) is 0.706. The Balaban J connectivity index is 1.42. The van der Waals surface area contributed by atoms with E-state index in [1.165, 1.54) is 115 Å². The smallest absolute Gasteiger partial charge is 0.128 e. The first-order valence-corrected chi connectivity index (χ1v) is 15.8. The van der Waals surface area contributed by atoms with E-state index < -0.39 is 0 Å². The van der Waals surface area contributed by atoms with E-state index in [0.717, 1.165) is 48.3 Å². The van der Waals surface area contributed by atoms with Crippen LogP contribution in [0.3, 0.4) is 0 Å². The van der Waals surface area contributed by atoms with Gasteiger partial charge in [-0.3, -0.25) is 0 Å². The van der Waals surface area contributed by atoms with E-state index in [1.54, 1.807) is 6.33 Å². The van der Waals surface area contributed by atoms with E-state index in [-0.39, 0.29) is 0 Å². The van der Waals surface area contributed by atoms with E-state index in [1.807, 2.05) is 6.20 Å². The standard InChI is InChI=1S/C34H54N2O/c1-3-5-7-8-9-10-11-12-13-16-26-37-33-19-15-14-18-32(33)34-31(27-35-28-36-34)25-24-30-22-20-29(21-23-30)17-6-4-2/h14-15,18-19,27-30H,3-13,16-17,20-26H2,1-2H3. The van der Waals surface area contributed by atoms with Crippen molar-refractivity contribution in [2.45, 2.75) is 136 Å². The van der Waals surface area contributed by atoms with Crippen molar-refractivity contribution in [1.29, 1.82) is 0 Å². The Morgan fingerprint density at radius 1 is 0.730 bits per heavy atom. The molecule has 0 radical (unpaired) electrons. The molecule has 0 amide bonds. The molecule has 3 nitrogen and oxygen atoms in total. The molecule has 1 aliphatic carbocycles. The predicted molar refractivity (Wildman–Crippen MR) is 158 cm³/mol. The number of hydrogen-bond donors (Lipinski definition) is 0. The van der Waals surface area contributed by atoms with Gasteiger partial charge in [0.15, 0.2) is 0 Å². The van der Waals surface area contributed by atoms with E-state index in [4.69, 9.17) is 9.72 Å². The van der Waals surface area contributed by atoms with Gasteiger partial charge in [0.2, 0.25) is 0 Å². The van der Waals surface area contributed by atoms with Crippen molar-refractivity contribution in [2.75, 3.05) is 6.61 Å². The number of unbranched alkanes of at least 4 members (excludes halogenated alkanes) is 10. The molecule has 0 atom stereocenters. The van der Waals surface area contributed by atoms with Gasteiger partial charge in [0.1, 0.15) is 12.1 Å². The van der Waals surface area contributed by atoms with Crippen LogP contribution >= 0.6 is 0 Å². The molecule has 37 heavy (non-hydrogen) atoms. The van der Waals surface area contributed by atoms with Crippen molar-refractivity contribution in [2.24, 2.45) is 11.8 Å². The maximum absolute atomic E-state index is 6.30. The Hall–Kier alpha value is -1.90. The lowest BCUT2D eigenvalue weighted by Crippen LogP contribution is -2.15. The van der Waals surface area contributed by atoms with Crippen molar-refractivity contribution >= 4 is 0 Å². The monoisotopic (exact) mass is 506 g/mol. The van der Waals surface area contributed by atoms with Crippen molar-refractivity contribution in [3.05, 3.63) is 42.4 Å². The second-order valence-corrected chi connectivity index (χ2v) is 11.5. The maximum atomic E-state index is 6.30. The average molecular weight is 507 g/mol. The molecule has 1 aromatic carbocycles. The SMILES string of the molecule is CCCCCCCCCCCCOc1ccccc1-c1ncncc1CCC1CCC(CCCC)CC1. The zero-order chi connectivity index (χ0) is 26.0. The lowest BCUT2D eigenvalue weighted by molar-refractivity contribution is 0.250. The minimum absolute atomic E-state index is 0.787. The largest absolute Gasteiger partial charge is 0.493 e. The molecular formula is C34H54N2O. The van der Waals surface area contributed by atoms with Crippen LogP contribution in [0.25, 0.3) is 11.3 Å². The summed E-state index contributed by atoms with van der Waals surface area (Å²) in [5.41, 5.74) is 3.45. The van der Waals surface area contributed by atoms with Gasteiger partial charge in [-0.15, -0.1) is 0 Å². The molecule has 0 spiro atoms. The second-order valence-electron chi connectivity index (χ2n) is 11.5. The third-order valence-electron chi connectivity index (χ3n) is 8.44. The summed E-state index contributed by atoms with van der Waals surface area (Å²) in [5, 5.41) is 0. The summed E-state index contributed by atoms with van der Waals surface area (Å²) in [6.07, 6.45) is 29.3. The molecule has 1 fully saturated rings. The van der Waals surface area contributed by atoms with Gasteiger partial charge < -0.3 is 4.74 Å². The molecule has 2 aromatic rings. The zero-order valence-electron chi connectivity index (χ0n) is 24.1. The van der Waals surface area contributed by atoms with Gasteiger partial charge in [-0.25, -0.2) is 9.97 Å². The molecule has 0 unspecified atom stereocenters. The molecule has 0 saturated heterocycles. The van der Waals surface area contributed by atoms with Crippen LogP contribution in [0.5, 0.6) is 5.75 Å². The summed E-state index contributed by atoms with van der Waals surface area (Å²) in [4.78, 5) is 9.12. The summed E-state index contributed by atoms with van der Waals surface area (Å²) in [6.45, 7) is 5.38. The lowest BCUT2D eigenvalue weighted by atomic mass is 9.78. The summed E-state index contributed by atoms with van der Waals surface area (Å²) in [5.74, 6) is 2.80. The van der Waals surface area contributed by atoms with Gasteiger partial charge in [0.05, 0.1) is 12.3 Å². The molecule has 1 heterocycles. The Morgan fingerprint density at radius 2 is 1.35 bits per heavy atom. The van der Waals surface area contributed by atoms with E-state index in [9.17, 15) is 0 Å². The second kappa shape index (κ2) is 18.4. The number of ether oxygens (including phenoxy) is 1. The summed E-state index contributed by atoms with van der Waals surface area (Å²) >= 11 is 0. The predicted octanol–water partition coefficient (Wildman–Crippen LogP) is 10.4. The van der Waals surface area contributed by atoms with Gasteiger partial charge in [-0.05, 0) is 48.8 Å². The fourth-order valence-corrected chi connectivity index (χ4v) is 6.00. The number of aromatic nitrogens is 2. The molecule has 0 aliphatic heterocycles. The quantitative estimate of drug-likeness (QED) is 0.178. The summed E-state index contributed by atoms with van der Waals surface area (Å²) in [6, 6.07) is 8.45. The average Bonchev–Trinajstić information content (AvgIpc) is 2.94. The summed E-state index contributed by atoms with van der Waals surface area (Å²) < 4.78 is 6.30. The molecule has 1 aromatic heterocycles. The molecule has 1 aliphatic rings. The topological polar surface area (TPSA) is 35.0 Å². The van der Waals surface area contributed by atoms with Gasteiger partial charge in [-0.1, -0.05) is 129 Å². The first-order valence-electron chi connectivity index (χ1n) is 15.8. The molecule has 206 valence electrons. The van der Waals surface area contributed by atoms with Crippen molar-refractivity contribution < 1.29 is 4.74 Å². The van der Waals surface area contributed by atoms with Crippen LogP contribution in [0.15, 0.2) is 36.8 Å². The van der Waals surface area contributed by atoms with E-state index >= 15 is 0 Å². The van der Waals surface area contributed by atoms with Gasteiger partial charge in [0, 0.05) is 11.8 Å². The number of rotatable bonds is 19. The number of para-hydroxylation sites is 1. The minimum Gasteiger partial charge on any atom is -0.493 e. The molecule has 0 N–H and O–H groups in total. The zero-order valence-corrected chi connectivity index (χ0v) is 24.1. The van der Waals surface area contributed by atoms with Crippen LogP contribution in [-0.4, -0.2) is 16.6 Å². The Bertz CT molecular complexity index is 843. The number of hydrogen-bond acceptors (Lipinski definition) is 3. The lowest BCUT2D eigenvalue weighted by Gasteiger charge is -2.28. The highest BCUT2D eigenvalue weighted by Crippen LogP contribution is 2.36. The van der Waals surface area contributed by atoms with Crippen LogP contribution in [0.1, 0.15) is 135 Å². The van der Waals surface area contributed by atoms with Gasteiger partial charge in [-0.2, -0.15) is 0 Å². The van der Waals surface area contributed by atoms with Crippen molar-refractivity contribution in [3.8, 4) is 17.0 Å². The van der Waals surface area contributed by atoms with Gasteiger partial charge >= 0.3 is 0 Å². The van der Waals surface area contributed by atoms with Crippen LogP contribution in [0, 0.1) is 11.8 Å². The van der Waals surface area contributed by atoms with E-state index in [0.29, 0.717) is 0 Å². The first kappa shape index (κ1) is 29.7. The Morgan fingerprint density at radius 3 is 2.05 bits per heavy atom. The van der Waals surface area contributed by atoms with Crippen molar-refractivity contribution in [1.82, 2.24) is 9.97 Å². The van der Waals surface area contributed by atoms with E-state index in [2.05, 4.69) is 43.1 Å². The third kappa shape index (κ3) is 11.2. The van der Waals surface area contributed by atoms with Crippen LogP contribution in [0.2, 0.25) is 0 Å². The normalized spacial score (nSPS) is 17.7. The number of aryl methyl sites for hydroxylation is 1. The number of nitrogens with zero attached hydrogens (tertiary/aromatic N) is 2. The van der Waals surface area contributed by atoms with Crippen molar-refractivity contribution in [3.63, 3.8) is 0 Å². The molecule has 0 bridgehead atoms. The number of benzene rings is 1. The molecular weight excluding hydrogens is 452 g/mol. The highest BCUT2D eigenvalue weighted by molar-refractivity contribution is 5.69. The molecule has 1 saturated carbocycles.